The van der Waals surface area contributed by atoms with E-state index in [0.29, 0.717) is 15.6 Å². The monoisotopic (exact) mass is 544 g/mol. The molecule has 192 valence electrons. The van der Waals surface area contributed by atoms with Gasteiger partial charge in [0.2, 0.25) is 0 Å². The van der Waals surface area contributed by atoms with Crippen LogP contribution in [0.3, 0.4) is 0 Å². The van der Waals surface area contributed by atoms with Crippen molar-refractivity contribution in [3.63, 3.8) is 0 Å². The zero-order valence-electron chi connectivity index (χ0n) is 19.4. The Bertz CT molecular complexity index is 1410. The number of allylic oxidation sites excluding steroid dienone is 1. The first kappa shape index (κ1) is 26.4. The van der Waals surface area contributed by atoms with Crippen molar-refractivity contribution in [2.45, 2.75) is 31.3 Å². The zero-order chi connectivity index (χ0) is 26.5. The summed E-state index contributed by atoms with van der Waals surface area (Å²) in [5.74, 6) is -1.26. The van der Waals surface area contributed by atoms with Crippen molar-refractivity contribution in [2.75, 3.05) is 6.61 Å². The number of rotatable bonds is 8. The van der Waals surface area contributed by atoms with Gasteiger partial charge in [-0.2, -0.15) is 0 Å². The van der Waals surface area contributed by atoms with Crippen molar-refractivity contribution in [1.82, 2.24) is 9.55 Å². The third-order valence-electron chi connectivity index (χ3n) is 5.69. The number of benzene rings is 2. The van der Waals surface area contributed by atoms with Crippen LogP contribution in [0, 0.1) is 0 Å². The van der Waals surface area contributed by atoms with Crippen LogP contribution in [0.5, 0.6) is 0 Å². The van der Waals surface area contributed by atoms with Crippen LogP contribution in [0.25, 0.3) is 0 Å². The first-order valence-electron chi connectivity index (χ1n) is 11.2. The number of halogens is 2. The predicted octanol–water partition coefficient (Wildman–Crippen LogP) is 3.94. The van der Waals surface area contributed by atoms with Crippen LogP contribution in [0.4, 0.5) is 0 Å². The van der Waals surface area contributed by atoms with Crippen molar-refractivity contribution in [3.05, 3.63) is 115 Å². The van der Waals surface area contributed by atoms with Gasteiger partial charge in [0.05, 0.1) is 11.1 Å². The Morgan fingerprint density at radius 1 is 1.03 bits per heavy atom. The minimum atomic E-state index is -0.893. The first-order valence-corrected chi connectivity index (χ1v) is 12.0. The SMILES string of the molecule is C=CCc1cn([C@H]2C[C@@H](OC(=O)c3ccc(Cl)cc3)[C@H](COC(=O)c3ccc(Cl)cc3)O2)c(=O)[nH]c1=O. The Morgan fingerprint density at radius 2 is 1.62 bits per heavy atom. The maximum Gasteiger partial charge on any atom is 0.338 e. The fourth-order valence-electron chi connectivity index (χ4n) is 3.81. The number of carbonyl (C=O) groups is 2. The zero-order valence-corrected chi connectivity index (χ0v) is 20.9. The van der Waals surface area contributed by atoms with Gasteiger partial charge in [-0.15, -0.1) is 6.58 Å². The molecular formula is C26H22Cl2N2O7. The molecule has 9 nitrogen and oxygen atoms in total. The van der Waals surface area contributed by atoms with Gasteiger partial charge >= 0.3 is 17.6 Å². The van der Waals surface area contributed by atoms with E-state index < -0.39 is 41.6 Å². The number of esters is 2. The Kier molecular flexibility index (Phi) is 8.27. The molecule has 1 aliphatic rings. The summed E-state index contributed by atoms with van der Waals surface area (Å²) >= 11 is 11.8. The maximum atomic E-state index is 12.8. The van der Waals surface area contributed by atoms with E-state index in [1.165, 1.54) is 41.1 Å². The third-order valence-corrected chi connectivity index (χ3v) is 6.20. The van der Waals surface area contributed by atoms with Gasteiger partial charge in [0.15, 0.2) is 0 Å². The van der Waals surface area contributed by atoms with Crippen molar-refractivity contribution in [2.24, 2.45) is 0 Å². The van der Waals surface area contributed by atoms with Gasteiger partial charge in [0, 0.05) is 28.2 Å². The highest BCUT2D eigenvalue weighted by Gasteiger charge is 2.40. The number of aromatic amines is 1. The first-order chi connectivity index (χ1) is 17.7. The van der Waals surface area contributed by atoms with Crippen LogP contribution in [0.1, 0.15) is 38.9 Å². The Morgan fingerprint density at radius 3 is 2.22 bits per heavy atom. The molecule has 2 heterocycles. The van der Waals surface area contributed by atoms with Crippen LogP contribution >= 0.6 is 23.2 Å². The number of nitrogens with one attached hydrogen (secondary N) is 1. The smallest absolute Gasteiger partial charge is 0.338 e. The van der Waals surface area contributed by atoms with Gasteiger partial charge in [0.1, 0.15) is 25.0 Å². The highest BCUT2D eigenvalue weighted by molar-refractivity contribution is 6.31. The van der Waals surface area contributed by atoms with Gasteiger partial charge in [-0.3, -0.25) is 14.3 Å². The summed E-state index contributed by atoms with van der Waals surface area (Å²) in [4.78, 5) is 52.2. The number of carbonyl (C=O) groups excluding carboxylic acids is 2. The number of H-pyrrole nitrogens is 1. The molecule has 1 aromatic heterocycles. The van der Waals surface area contributed by atoms with E-state index in [-0.39, 0.29) is 30.6 Å². The predicted molar refractivity (Wildman–Crippen MR) is 136 cm³/mol. The molecule has 0 unspecified atom stereocenters. The molecule has 3 atom stereocenters. The summed E-state index contributed by atoms with van der Waals surface area (Å²) in [6, 6.07) is 12.3. The molecule has 4 rings (SSSR count). The van der Waals surface area contributed by atoms with Crippen molar-refractivity contribution < 1.29 is 23.8 Å². The van der Waals surface area contributed by atoms with Gasteiger partial charge in [0.25, 0.3) is 5.56 Å². The van der Waals surface area contributed by atoms with Gasteiger partial charge in [-0.05, 0) is 55.0 Å². The molecule has 2 aromatic carbocycles. The molecule has 0 bridgehead atoms. The quantitative estimate of drug-likeness (QED) is 0.337. The van der Waals surface area contributed by atoms with E-state index >= 15 is 0 Å². The van der Waals surface area contributed by atoms with Crippen molar-refractivity contribution in [1.29, 1.82) is 0 Å². The molecule has 0 aliphatic carbocycles. The van der Waals surface area contributed by atoms with Crippen LogP contribution in [0.2, 0.25) is 10.0 Å². The molecular weight excluding hydrogens is 523 g/mol. The number of aromatic nitrogens is 2. The standard InChI is InChI=1S/C26H22Cl2N2O7/c1-2-3-17-13-30(26(34)29-23(17)31)22-12-20(37-25(33)16-6-10-19(28)11-7-16)21(36-22)14-35-24(32)15-4-8-18(27)9-5-15/h2,4-11,13,20-22H,1,3,12,14H2,(H,29,31,34)/t20-,21+,22-/m1/s1. The molecule has 1 fully saturated rings. The summed E-state index contributed by atoms with van der Waals surface area (Å²) in [6.45, 7) is 3.36. The molecule has 0 spiro atoms. The molecule has 0 radical (unpaired) electrons. The fourth-order valence-corrected chi connectivity index (χ4v) is 4.06. The lowest BCUT2D eigenvalue weighted by atomic mass is 10.1. The topological polar surface area (TPSA) is 117 Å². The summed E-state index contributed by atoms with van der Waals surface area (Å²) in [5.41, 5.74) is -0.368. The minimum absolute atomic E-state index is 0.0714. The lowest BCUT2D eigenvalue weighted by molar-refractivity contribution is -0.0582. The summed E-state index contributed by atoms with van der Waals surface area (Å²) in [7, 11) is 0. The van der Waals surface area contributed by atoms with E-state index in [1.807, 2.05) is 0 Å². The highest BCUT2D eigenvalue weighted by Crippen LogP contribution is 2.31. The maximum absolute atomic E-state index is 12.8. The molecule has 0 amide bonds. The normalized spacial score (nSPS) is 18.8. The molecule has 1 N–H and O–H groups in total. The Hall–Kier alpha value is -3.66. The molecule has 1 aliphatic heterocycles. The van der Waals surface area contributed by atoms with Crippen LogP contribution < -0.4 is 11.2 Å². The lowest BCUT2D eigenvalue weighted by Gasteiger charge is -2.19. The minimum Gasteiger partial charge on any atom is -0.459 e. The Balaban J connectivity index is 1.55. The van der Waals surface area contributed by atoms with E-state index in [0.717, 1.165) is 0 Å². The van der Waals surface area contributed by atoms with Crippen LogP contribution in [-0.2, 0) is 20.6 Å². The number of nitrogens with zero attached hydrogens (tertiary/aromatic N) is 1. The summed E-state index contributed by atoms with van der Waals surface area (Å²) in [6.07, 6.45) is 0.571. The number of hydrogen-bond donors (Lipinski definition) is 1. The third kappa shape index (κ3) is 6.37. The number of hydrogen-bond acceptors (Lipinski definition) is 7. The molecule has 37 heavy (non-hydrogen) atoms. The van der Waals surface area contributed by atoms with E-state index in [2.05, 4.69) is 11.6 Å². The van der Waals surface area contributed by atoms with Crippen LogP contribution in [0.15, 0.2) is 77.0 Å². The van der Waals surface area contributed by atoms with Gasteiger partial charge in [-0.1, -0.05) is 29.3 Å². The second kappa shape index (κ2) is 11.6. The summed E-state index contributed by atoms with van der Waals surface area (Å²) in [5, 5.41) is 0.926. The number of ether oxygens (including phenoxy) is 3. The molecule has 11 heteroatoms. The van der Waals surface area contributed by atoms with Crippen molar-refractivity contribution in [3.8, 4) is 0 Å². The summed E-state index contributed by atoms with van der Waals surface area (Å²) < 4.78 is 18.3. The van der Waals surface area contributed by atoms with E-state index in [4.69, 9.17) is 37.4 Å². The van der Waals surface area contributed by atoms with Crippen LogP contribution in [-0.4, -0.2) is 40.3 Å². The second-order valence-corrected chi connectivity index (χ2v) is 9.11. The largest absolute Gasteiger partial charge is 0.459 e. The average molecular weight is 545 g/mol. The highest BCUT2D eigenvalue weighted by atomic mass is 35.5. The van der Waals surface area contributed by atoms with Crippen molar-refractivity contribution >= 4 is 35.1 Å². The van der Waals surface area contributed by atoms with Gasteiger partial charge < -0.3 is 14.2 Å². The van der Waals surface area contributed by atoms with E-state index in [1.54, 1.807) is 24.3 Å². The molecule has 3 aromatic rings. The van der Waals surface area contributed by atoms with E-state index in [9.17, 15) is 19.2 Å². The van der Waals surface area contributed by atoms with Gasteiger partial charge in [-0.25, -0.2) is 14.4 Å². The average Bonchev–Trinajstić information content (AvgIpc) is 3.27. The molecule has 0 saturated carbocycles. The Labute approximate surface area is 221 Å². The lowest BCUT2D eigenvalue weighted by Crippen LogP contribution is -2.34. The molecule has 1 saturated heterocycles. The second-order valence-electron chi connectivity index (χ2n) is 8.23. The fraction of sp³-hybridized carbons (Fsp3) is 0.231.